The van der Waals surface area contributed by atoms with E-state index in [0.717, 1.165) is 49.5 Å². The topological polar surface area (TPSA) is 67.8 Å². The highest BCUT2D eigenvalue weighted by molar-refractivity contribution is 5.92. The average Bonchev–Trinajstić information content (AvgIpc) is 3.10. The average molecular weight is 487 g/mol. The lowest BCUT2D eigenvalue weighted by Gasteiger charge is -2.32. The Balaban J connectivity index is 1.18. The first-order valence-corrected chi connectivity index (χ1v) is 12.8. The minimum Gasteiger partial charge on any atom is -0.491 e. The summed E-state index contributed by atoms with van der Waals surface area (Å²) >= 11 is 0. The van der Waals surface area contributed by atoms with Crippen LogP contribution in [0, 0.1) is 13.8 Å². The Kier molecular flexibility index (Phi) is 7.58. The lowest BCUT2D eigenvalue weighted by atomic mass is 10.0. The number of piperidine rings is 1. The summed E-state index contributed by atoms with van der Waals surface area (Å²) in [5, 5.41) is 0. The molecule has 2 aromatic carbocycles. The predicted octanol–water partition coefficient (Wildman–Crippen LogP) is 4.31. The van der Waals surface area contributed by atoms with Gasteiger partial charge >= 0.3 is 0 Å². The highest BCUT2D eigenvalue weighted by Gasteiger charge is 2.24. The zero-order chi connectivity index (χ0) is 24.9. The van der Waals surface area contributed by atoms with Gasteiger partial charge in [-0.15, -0.1) is 0 Å². The molecule has 0 bridgehead atoms. The summed E-state index contributed by atoms with van der Waals surface area (Å²) in [6, 6.07) is 18.5. The van der Waals surface area contributed by atoms with Crippen molar-refractivity contribution in [2.45, 2.75) is 52.5 Å². The molecule has 0 unspecified atom stereocenters. The zero-order valence-corrected chi connectivity index (χ0v) is 21.2. The van der Waals surface area contributed by atoms with Gasteiger partial charge in [0.2, 0.25) is 0 Å². The Morgan fingerprint density at radius 2 is 1.81 bits per heavy atom. The quantitative estimate of drug-likeness (QED) is 0.517. The van der Waals surface area contributed by atoms with Crippen molar-refractivity contribution in [1.82, 2.24) is 19.8 Å². The third kappa shape index (κ3) is 6.09. The van der Waals surface area contributed by atoms with Crippen LogP contribution >= 0.6 is 0 Å². The fourth-order valence-corrected chi connectivity index (χ4v) is 4.99. The summed E-state index contributed by atoms with van der Waals surface area (Å²) in [4.78, 5) is 26.2. The number of nitrogens with zero attached hydrogens (tertiary/aromatic N) is 4. The van der Waals surface area contributed by atoms with Crippen molar-refractivity contribution < 1.29 is 14.3 Å². The van der Waals surface area contributed by atoms with Gasteiger partial charge in [0.1, 0.15) is 23.9 Å². The molecule has 0 saturated carbocycles. The SMILES string of the molecule is Cc1cc(C(=O)N2CCOc3ccc(CN4CCC(OCc5ccccc5)CC4)cc3C2)nc(C)n1. The van der Waals surface area contributed by atoms with E-state index >= 15 is 0 Å². The van der Waals surface area contributed by atoms with Gasteiger partial charge < -0.3 is 14.4 Å². The second-order valence-corrected chi connectivity index (χ2v) is 9.73. The second-order valence-electron chi connectivity index (χ2n) is 9.73. The smallest absolute Gasteiger partial charge is 0.273 e. The Hall–Kier alpha value is -3.29. The van der Waals surface area contributed by atoms with E-state index in [1.54, 1.807) is 6.07 Å². The minimum absolute atomic E-state index is 0.0805. The molecule has 36 heavy (non-hydrogen) atoms. The highest BCUT2D eigenvalue weighted by Crippen LogP contribution is 2.27. The van der Waals surface area contributed by atoms with E-state index < -0.39 is 0 Å². The summed E-state index contributed by atoms with van der Waals surface area (Å²) in [5.41, 5.74) is 4.75. The first-order valence-electron chi connectivity index (χ1n) is 12.8. The molecule has 3 aromatic rings. The Labute approximate surface area is 213 Å². The number of benzene rings is 2. The van der Waals surface area contributed by atoms with Crippen LogP contribution in [0.3, 0.4) is 0 Å². The number of rotatable bonds is 6. The molecule has 1 fully saturated rings. The van der Waals surface area contributed by atoms with Gasteiger partial charge in [-0.05, 0) is 56.0 Å². The van der Waals surface area contributed by atoms with Gasteiger partial charge in [-0.3, -0.25) is 9.69 Å². The molecular formula is C29H34N4O3. The van der Waals surface area contributed by atoms with E-state index in [4.69, 9.17) is 9.47 Å². The van der Waals surface area contributed by atoms with Crippen molar-refractivity contribution in [2.24, 2.45) is 0 Å². The van der Waals surface area contributed by atoms with E-state index in [1.807, 2.05) is 30.9 Å². The lowest BCUT2D eigenvalue weighted by molar-refractivity contribution is -0.00394. The van der Waals surface area contributed by atoms with Crippen LogP contribution in [0.4, 0.5) is 0 Å². The first kappa shape index (κ1) is 24.4. The van der Waals surface area contributed by atoms with Gasteiger partial charge in [0, 0.05) is 37.4 Å². The van der Waals surface area contributed by atoms with Gasteiger partial charge in [-0.2, -0.15) is 0 Å². The number of hydrogen-bond acceptors (Lipinski definition) is 6. The number of amides is 1. The zero-order valence-electron chi connectivity index (χ0n) is 21.2. The van der Waals surface area contributed by atoms with E-state index in [9.17, 15) is 4.79 Å². The lowest BCUT2D eigenvalue weighted by Crippen LogP contribution is -2.36. The third-order valence-electron chi connectivity index (χ3n) is 6.85. The van der Waals surface area contributed by atoms with Crippen LogP contribution in [0.2, 0.25) is 0 Å². The molecule has 0 N–H and O–H groups in total. The molecule has 0 aliphatic carbocycles. The molecule has 1 saturated heterocycles. The van der Waals surface area contributed by atoms with Crippen LogP contribution < -0.4 is 4.74 Å². The normalized spacial score (nSPS) is 16.8. The fourth-order valence-electron chi connectivity index (χ4n) is 4.99. The molecule has 5 rings (SSSR count). The van der Waals surface area contributed by atoms with E-state index in [0.29, 0.717) is 43.9 Å². The van der Waals surface area contributed by atoms with Gasteiger partial charge in [0.15, 0.2) is 0 Å². The van der Waals surface area contributed by atoms with E-state index in [-0.39, 0.29) is 5.91 Å². The van der Waals surface area contributed by atoms with Crippen LogP contribution in [0.15, 0.2) is 54.6 Å². The molecule has 2 aliphatic rings. The molecule has 0 atom stereocenters. The number of likely N-dealkylation sites (tertiary alicyclic amines) is 1. The minimum atomic E-state index is -0.0805. The van der Waals surface area contributed by atoms with Crippen LogP contribution in [0.1, 0.15) is 51.5 Å². The van der Waals surface area contributed by atoms with Crippen molar-refractivity contribution in [3.63, 3.8) is 0 Å². The van der Waals surface area contributed by atoms with Crippen molar-refractivity contribution in [3.05, 3.63) is 88.5 Å². The monoisotopic (exact) mass is 486 g/mol. The van der Waals surface area contributed by atoms with E-state index in [2.05, 4.69) is 51.3 Å². The van der Waals surface area contributed by atoms with Gasteiger partial charge in [0.05, 0.1) is 19.3 Å². The molecule has 7 nitrogen and oxygen atoms in total. The first-order chi connectivity index (χ1) is 17.5. The number of hydrogen-bond donors (Lipinski definition) is 0. The Morgan fingerprint density at radius 3 is 2.58 bits per heavy atom. The number of carbonyl (C=O) groups is 1. The second kappa shape index (κ2) is 11.2. The summed E-state index contributed by atoms with van der Waals surface area (Å²) < 4.78 is 12.1. The molecule has 0 spiro atoms. The van der Waals surface area contributed by atoms with Gasteiger partial charge in [0.25, 0.3) is 5.91 Å². The molecule has 188 valence electrons. The predicted molar refractivity (Wildman–Crippen MR) is 138 cm³/mol. The van der Waals surface area contributed by atoms with Crippen LogP contribution in [-0.2, 0) is 24.4 Å². The third-order valence-corrected chi connectivity index (χ3v) is 6.85. The van der Waals surface area contributed by atoms with E-state index in [1.165, 1.54) is 11.1 Å². The van der Waals surface area contributed by atoms with Crippen molar-refractivity contribution in [1.29, 1.82) is 0 Å². The number of fused-ring (bicyclic) bond motifs is 1. The maximum Gasteiger partial charge on any atom is 0.273 e. The molecule has 3 heterocycles. The Bertz CT molecular complexity index is 1170. The summed E-state index contributed by atoms with van der Waals surface area (Å²) in [6.45, 7) is 8.81. The summed E-state index contributed by atoms with van der Waals surface area (Å²) in [7, 11) is 0. The summed E-state index contributed by atoms with van der Waals surface area (Å²) in [6.07, 6.45) is 2.40. The van der Waals surface area contributed by atoms with Crippen LogP contribution in [-0.4, -0.2) is 58.0 Å². The number of carbonyl (C=O) groups excluding carboxylic acids is 1. The highest BCUT2D eigenvalue weighted by atomic mass is 16.5. The van der Waals surface area contributed by atoms with Gasteiger partial charge in [-0.25, -0.2) is 9.97 Å². The van der Waals surface area contributed by atoms with Crippen LogP contribution in [0.25, 0.3) is 0 Å². The molecule has 1 amide bonds. The number of aromatic nitrogens is 2. The number of aryl methyl sites for hydroxylation is 2. The molecule has 1 aromatic heterocycles. The number of ether oxygens (including phenoxy) is 2. The van der Waals surface area contributed by atoms with Gasteiger partial charge in [-0.1, -0.05) is 36.4 Å². The maximum atomic E-state index is 13.2. The van der Waals surface area contributed by atoms with Crippen molar-refractivity contribution >= 4 is 5.91 Å². The standard InChI is InChI=1S/C29H34N4O3/c1-21-16-27(31-22(2)30-21)29(34)33-14-15-35-28-9-8-24(17-25(28)19-33)18-32-12-10-26(11-13-32)36-20-23-6-4-3-5-7-23/h3-9,16-17,26H,10-15,18-20H2,1-2H3. The Morgan fingerprint density at radius 1 is 1.00 bits per heavy atom. The molecule has 2 aliphatic heterocycles. The van der Waals surface area contributed by atoms with Crippen molar-refractivity contribution in [3.8, 4) is 5.75 Å². The van der Waals surface area contributed by atoms with Crippen molar-refractivity contribution in [2.75, 3.05) is 26.2 Å². The molecular weight excluding hydrogens is 452 g/mol. The largest absolute Gasteiger partial charge is 0.491 e. The fraction of sp³-hybridized carbons (Fsp3) is 0.414. The van der Waals surface area contributed by atoms with Crippen LogP contribution in [0.5, 0.6) is 5.75 Å². The summed E-state index contributed by atoms with van der Waals surface area (Å²) in [5.74, 6) is 1.39. The maximum absolute atomic E-state index is 13.2. The molecule has 0 radical (unpaired) electrons. The molecule has 7 heteroatoms.